The average Bonchev–Trinajstić information content (AvgIpc) is 2.78. The van der Waals surface area contributed by atoms with Gasteiger partial charge in [0.25, 0.3) is 0 Å². The van der Waals surface area contributed by atoms with Crippen molar-refractivity contribution in [3.63, 3.8) is 0 Å². The number of nitrogens with one attached hydrogen (secondary N) is 1. The van der Waals surface area contributed by atoms with E-state index in [0.717, 1.165) is 31.9 Å². The lowest BCUT2D eigenvalue weighted by molar-refractivity contribution is 0.150. The summed E-state index contributed by atoms with van der Waals surface area (Å²) in [4.78, 5) is 2.54. The first kappa shape index (κ1) is 13.3. The molecule has 1 aliphatic heterocycles. The van der Waals surface area contributed by atoms with Crippen LogP contribution in [0.15, 0.2) is 36.4 Å². The first-order valence-electron chi connectivity index (χ1n) is 7.23. The van der Waals surface area contributed by atoms with Gasteiger partial charge in [0.1, 0.15) is 0 Å². The van der Waals surface area contributed by atoms with Crippen LogP contribution in [0.1, 0.15) is 23.0 Å². The number of aromatic nitrogens is 2. The van der Waals surface area contributed by atoms with E-state index in [9.17, 15) is 0 Å². The summed E-state index contributed by atoms with van der Waals surface area (Å²) in [5, 5.41) is 7.95. The van der Waals surface area contributed by atoms with E-state index < -0.39 is 0 Å². The number of benzene rings is 1. The van der Waals surface area contributed by atoms with E-state index in [-0.39, 0.29) is 0 Å². The van der Waals surface area contributed by atoms with E-state index in [4.69, 9.17) is 0 Å². The highest BCUT2D eigenvalue weighted by Gasteiger charge is 2.24. The van der Waals surface area contributed by atoms with Gasteiger partial charge in [0.15, 0.2) is 0 Å². The van der Waals surface area contributed by atoms with Gasteiger partial charge in [0.2, 0.25) is 0 Å². The highest BCUT2D eigenvalue weighted by atomic mass is 15.3. The van der Waals surface area contributed by atoms with Gasteiger partial charge in [-0.3, -0.25) is 9.58 Å². The highest BCUT2D eigenvalue weighted by molar-refractivity contribution is 5.20. The molecule has 2 aromatic rings. The molecule has 1 unspecified atom stereocenters. The van der Waals surface area contributed by atoms with E-state index in [1.54, 1.807) is 0 Å². The third-order valence-corrected chi connectivity index (χ3v) is 4.00. The fraction of sp³-hybridized carbons (Fsp3) is 0.438. The minimum atomic E-state index is 0.445. The fourth-order valence-corrected chi connectivity index (χ4v) is 2.96. The summed E-state index contributed by atoms with van der Waals surface area (Å²) in [7, 11) is 2.03. The molecule has 20 heavy (non-hydrogen) atoms. The van der Waals surface area contributed by atoms with Crippen molar-refractivity contribution in [2.45, 2.75) is 19.5 Å². The zero-order chi connectivity index (χ0) is 13.9. The van der Waals surface area contributed by atoms with E-state index in [1.807, 2.05) is 11.7 Å². The SMILES string of the molecule is Cc1cc(CN2CCNCC2c2ccccc2)n(C)n1. The number of piperazine rings is 1. The summed E-state index contributed by atoms with van der Waals surface area (Å²) in [6, 6.07) is 13.4. The van der Waals surface area contributed by atoms with Crippen molar-refractivity contribution in [2.75, 3.05) is 19.6 Å². The summed E-state index contributed by atoms with van der Waals surface area (Å²) < 4.78 is 2.00. The zero-order valence-electron chi connectivity index (χ0n) is 12.2. The minimum absolute atomic E-state index is 0.445. The predicted octanol–water partition coefficient (Wildman–Crippen LogP) is 1.88. The van der Waals surface area contributed by atoms with E-state index >= 15 is 0 Å². The van der Waals surface area contributed by atoms with Crippen molar-refractivity contribution in [1.29, 1.82) is 0 Å². The van der Waals surface area contributed by atoms with Gasteiger partial charge in [-0.05, 0) is 18.6 Å². The molecule has 1 aromatic carbocycles. The fourth-order valence-electron chi connectivity index (χ4n) is 2.96. The molecule has 106 valence electrons. The lowest BCUT2D eigenvalue weighted by Crippen LogP contribution is -2.45. The van der Waals surface area contributed by atoms with Crippen molar-refractivity contribution < 1.29 is 0 Å². The third-order valence-electron chi connectivity index (χ3n) is 4.00. The maximum Gasteiger partial charge on any atom is 0.0597 e. The molecule has 4 nitrogen and oxygen atoms in total. The van der Waals surface area contributed by atoms with E-state index in [0.29, 0.717) is 6.04 Å². The Kier molecular flexibility index (Phi) is 3.85. The molecule has 3 rings (SSSR count). The van der Waals surface area contributed by atoms with E-state index in [1.165, 1.54) is 11.3 Å². The Morgan fingerprint density at radius 1 is 1.30 bits per heavy atom. The molecule has 0 spiro atoms. The van der Waals surface area contributed by atoms with E-state index in [2.05, 4.69) is 58.6 Å². The second-order valence-corrected chi connectivity index (χ2v) is 5.50. The van der Waals surface area contributed by atoms with Crippen molar-refractivity contribution in [3.05, 3.63) is 53.3 Å². The second kappa shape index (κ2) is 5.77. The summed E-state index contributed by atoms with van der Waals surface area (Å²) in [6.45, 7) is 6.15. The van der Waals surface area contributed by atoms with Crippen molar-refractivity contribution in [2.24, 2.45) is 7.05 Å². The summed E-state index contributed by atoms with van der Waals surface area (Å²) >= 11 is 0. The molecular formula is C16H22N4. The van der Waals surface area contributed by atoms with Crippen LogP contribution in [0.3, 0.4) is 0 Å². The smallest absolute Gasteiger partial charge is 0.0597 e. The largest absolute Gasteiger partial charge is 0.314 e. The quantitative estimate of drug-likeness (QED) is 0.924. The Hall–Kier alpha value is -1.65. The van der Waals surface area contributed by atoms with Crippen LogP contribution >= 0.6 is 0 Å². The lowest BCUT2D eigenvalue weighted by Gasteiger charge is -2.36. The normalized spacial score (nSPS) is 20.2. The number of rotatable bonds is 3. The molecule has 1 atom stereocenters. The van der Waals surface area contributed by atoms with Gasteiger partial charge >= 0.3 is 0 Å². The van der Waals surface area contributed by atoms with Gasteiger partial charge < -0.3 is 5.32 Å². The number of hydrogen-bond donors (Lipinski definition) is 1. The predicted molar refractivity (Wildman–Crippen MR) is 80.4 cm³/mol. The maximum atomic E-state index is 4.45. The van der Waals surface area contributed by atoms with Crippen molar-refractivity contribution in [1.82, 2.24) is 20.0 Å². The number of hydrogen-bond acceptors (Lipinski definition) is 3. The maximum absolute atomic E-state index is 4.45. The Bertz CT molecular complexity index is 561. The summed E-state index contributed by atoms with van der Waals surface area (Å²) in [6.07, 6.45) is 0. The lowest BCUT2D eigenvalue weighted by atomic mass is 10.0. The van der Waals surface area contributed by atoms with Gasteiger partial charge in [0.05, 0.1) is 11.4 Å². The zero-order valence-corrected chi connectivity index (χ0v) is 12.2. The van der Waals surface area contributed by atoms with Crippen LogP contribution in [0.25, 0.3) is 0 Å². The molecular weight excluding hydrogens is 248 g/mol. The molecule has 2 heterocycles. The number of nitrogens with zero attached hydrogens (tertiary/aromatic N) is 3. The molecule has 0 aliphatic carbocycles. The Labute approximate surface area is 120 Å². The first-order valence-corrected chi connectivity index (χ1v) is 7.23. The van der Waals surface area contributed by atoms with Crippen LogP contribution in [-0.4, -0.2) is 34.3 Å². The van der Waals surface area contributed by atoms with Gasteiger partial charge in [-0.2, -0.15) is 5.10 Å². The number of aryl methyl sites for hydroxylation is 2. The summed E-state index contributed by atoms with van der Waals surface area (Å²) in [5.41, 5.74) is 3.76. The Balaban J connectivity index is 1.81. The Morgan fingerprint density at radius 3 is 2.80 bits per heavy atom. The molecule has 4 heteroatoms. The van der Waals surface area contributed by atoms with Crippen LogP contribution in [0.2, 0.25) is 0 Å². The van der Waals surface area contributed by atoms with Gasteiger partial charge in [-0.25, -0.2) is 0 Å². The minimum Gasteiger partial charge on any atom is -0.314 e. The highest BCUT2D eigenvalue weighted by Crippen LogP contribution is 2.23. The van der Waals surface area contributed by atoms with Crippen molar-refractivity contribution >= 4 is 0 Å². The molecule has 0 bridgehead atoms. The summed E-state index contributed by atoms with van der Waals surface area (Å²) in [5.74, 6) is 0. The molecule has 1 aromatic heterocycles. The van der Waals surface area contributed by atoms with Gasteiger partial charge in [-0.15, -0.1) is 0 Å². The standard InChI is InChI=1S/C16H22N4/c1-13-10-15(19(2)18-13)12-20-9-8-17-11-16(20)14-6-4-3-5-7-14/h3-7,10,16-17H,8-9,11-12H2,1-2H3. The molecule has 0 amide bonds. The second-order valence-electron chi connectivity index (χ2n) is 5.50. The molecule has 1 saturated heterocycles. The van der Waals surface area contributed by atoms with Gasteiger partial charge in [-0.1, -0.05) is 30.3 Å². The Morgan fingerprint density at radius 2 is 2.10 bits per heavy atom. The molecule has 1 fully saturated rings. The molecule has 0 radical (unpaired) electrons. The topological polar surface area (TPSA) is 33.1 Å². The third kappa shape index (κ3) is 2.76. The van der Waals surface area contributed by atoms with Crippen LogP contribution in [0, 0.1) is 6.92 Å². The first-order chi connectivity index (χ1) is 9.74. The van der Waals surface area contributed by atoms with Crippen LogP contribution < -0.4 is 5.32 Å². The van der Waals surface area contributed by atoms with Gasteiger partial charge in [0, 0.05) is 39.3 Å². The average molecular weight is 270 g/mol. The van der Waals surface area contributed by atoms with Crippen molar-refractivity contribution in [3.8, 4) is 0 Å². The molecule has 1 N–H and O–H groups in total. The molecule has 0 saturated carbocycles. The molecule has 1 aliphatic rings. The monoisotopic (exact) mass is 270 g/mol. The van der Waals surface area contributed by atoms with Crippen LogP contribution in [-0.2, 0) is 13.6 Å². The van der Waals surface area contributed by atoms with Crippen LogP contribution in [0.4, 0.5) is 0 Å². The van der Waals surface area contributed by atoms with Crippen LogP contribution in [0.5, 0.6) is 0 Å².